The zero-order valence-electron chi connectivity index (χ0n) is 9.35. The third-order valence-electron chi connectivity index (χ3n) is 2.20. The van der Waals surface area contributed by atoms with Crippen LogP contribution in [0.2, 0.25) is 0 Å². The molecule has 0 unspecified atom stereocenters. The molecule has 1 aromatic heterocycles. The molecule has 0 saturated carbocycles. The minimum Gasteiger partial charge on any atom is -0.497 e. The van der Waals surface area contributed by atoms with Crippen molar-refractivity contribution in [2.45, 2.75) is 0 Å². The van der Waals surface area contributed by atoms with Crippen LogP contribution in [0, 0.1) is 0 Å². The first-order chi connectivity index (χ1) is 7.61. The Hall–Kier alpha value is -2.04. The molecule has 1 aromatic carbocycles. The van der Waals surface area contributed by atoms with Gasteiger partial charge in [0.2, 0.25) is 0 Å². The van der Waals surface area contributed by atoms with E-state index in [1.165, 1.54) is 0 Å². The average molecular weight is 220 g/mol. The van der Waals surface area contributed by atoms with Crippen LogP contribution in [0.25, 0.3) is 11.0 Å². The van der Waals surface area contributed by atoms with Gasteiger partial charge in [0.1, 0.15) is 11.3 Å². The molecule has 0 fully saturated rings. The molecule has 0 spiro atoms. The van der Waals surface area contributed by atoms with Crippen LogP contribution in [0.5, 0.6) is 5.75 Å². The molecule has 2 aromatic rings. The molecule has 0 amide bonds. The summed E-state index contributed by atoms with van der Waals surface area (Å²) < 4.78 is 10.5. The van der Waals surface area contributed by atoms with E-state index >= 15 is 0 Å². The number of rotatable bonds is 2. The molecule has 0 bridgehead atoms. The second-order valence-corrected chi connectivity index (χ2v) is 3.56. The minimum absolute atomic E-state index is 0.283. The zero-order chi connectivity index (χ0) is 11.7. The van der Waals surface area contributed by atoms with Gasteiger partial charge in [-0.1, -0.05) is 0 Å². The van der Waals surface area contributed by atoms with Gasteiger partial charge in [-0.25, -0.2) is 0 Å². The minimum atomic E-state index is -0.299. The molecule has 84 valence electrons. The van der Waals surface area contributed by atoms with Crippen molar-refractivity contribution in [3.8, 4) is 5.75 Å². The molecule has 0 aliphatic heterocycles. The van der Waals surface area contributed by atoms with Gasteiger partial charge >= 0.3 is 6.01 Å². The summed E-state index contributed by atoms with van der Waals surface area (Å²) in [5.74, 6) is 0.645. The summed E-state index contributed by atoms with van der Waals surface area (Å²) in [4.78, 5) is 17.1. The highest BCUT2D eigenvalue weighted by atomic mass is 16.5. The highest BCUT2D eigenvalue weighted by molar-refractivity contribution is 5.77. The molecule has 0 atom stereocenters. The quantitative estimate of drug-likeness (QED) is 0.762. The first kappa shape index (κ1) is 10.5. The van der Waals surface area contributed by atoms with E-state index in [1.54, 1.807) is 44.3 Å². The number of hydrogen-bond acceptors (Lipinski definition) is 5. The summed E-state index contributed by atoms with van der Waals surface area (Å²) in [6.07, 6.45) is 0. The second kappa shape index (κ2) is 3.84. The van der Waals surface area contributed by atoms with Gasteiger partial charge in [-0.05, 0) is 12.1 Å². The molecule has 1 heterocycles. The predicted octanol–water partition coefficient (Wildman–Crippen LogP) is 1.26. The van der Waals surface area contributed by atoms with E-state index in [1.807, 2.05) is 0 Å². The number of nitrogens with zero attached hydrogens (tertiary/aromatic N) is 2. The van der Waals surface area contributed by atoms with Crippen LogP contribution in [0.15, 0.2) is 27.4 Å². The van der Waals surface area contributed by atoms with Crippen molar-refractivity contribution in [2.24, 2.45) is 0 Å². The highest BCUT2D eigenvalue weighted by Gasteiger charge is 2.08. The van der Waals surface area contributed by atoms with Crippen molar-refractivity contribution in [2.75, 3.05) is 26.1 Å². The summed E-state index contributed by atoms with van der Waals surface area (Å²) >= 11 is 0. The van der Waals surface area contributed by atoms with Gasteiger partial charge in [-0.3, -0.25) is 4.79 Å². The van der Waals surface area contributed by atoms with Gasteiger partial charge < -0.3 is 14.1 Å². The van der Waals surface area contributed by atoms with Gasteiger partial charge in [0.05, 0.1) is 12.5 Å². The maximum atomic E-state index is 11.7. The van der Waals surface area contributed by atoms with E-state index in [2.05, 4.69) is 4.98 Å². The first-order valence-electron chi connectivity index (χ1n) is 4.78. The zero-order valence-corrected chi connectivity index (χ0v) is 9.35. The van der Waals surface area contributed by atoms with Crippen molar-refractivity contribution in [1.29, 1.82) is 0 Å². The summed E-state index contributed by atoms with van der Waals surface area (Å²) in [7, 11) is 5.09. The largest absolute Gasteiger partial charge is 0.497 e. The van der Waals surface area contributed by atoms with Crippen LogP contribution in [0.1, 0.15) is 0 Å². The first-order valence-corrected chi connectivity index (χ1v) is 4.78. The third-order valence-corrected chi connectivity index (χ3v) is 2.20. The van der Waals surface area contributed by atoms with E-state index in [0.717, 1.165) is 0 Å². The van der Waals surface area contributed by atoms with E-state index < -0.39 is 0 Å². The van der Waals surface area contributed by atoms with Crippen molar-refractivity contribution < 1.29 is 9.15 Å². The number of ether oxygens (including phenoxy) is 1. The normalized spacial score (nSPS) is 10.4. The third kappa shape index (κ3) is 1.71. The molecule has 2 rings (SSSR count). The molecule has 0 aliphatic carbocycles. The number of hydrogen-bond donors (Lipinski definition) is 0. The Balaban J connectivity index is 2.73. The predicted molar refractivity (Wildman–Crippen MR) is 61.2 cm³/mol. The van der Waals surface area contributed by atoms with Crippen LogP contribution in [-0.4, -0.2) is 26.2 Å². The standard InChI is InChI=1S/C11H12N2O3/c1-13(2)11-12-10(14)8-5-4-7(15-3)6-9(8)16-11/h4-6H,1-3H3. The van der Waals surface area contributed by atoms with Gasteiger partial charge in [-0.2, -0.15) is 4.98 Å². The maximum absolute atomic E-state index is 11.7. The van der Waals surface area contributed by atoms with Crippen molar-refractivity contribution >= 4 is 17.0 Å². The lowest BCUT2D eigenvalue weighted by molar-refractivity contribution is 0.414. The summed E-state index contributed by atoms with van der Waals surface area (Å²) in [5.41, 5.74) is 0.177. The molecule has 0 radical (unpaired) electrons. The Bertz CT molecular complexity index is 575. The molecule has 0 N–H and O–H groups in total. The number of anilines is 1. The molecule has 5 heteroatoms. The summed E-state index contributed by atoms with van der Waals surface area (Å²) in [6.45, 7) is 0. The fraction of sp³-hybridized carbons (Fsp3) is 0.273. The Morgan fingerprint density at radius 2 is 2.12 bits per heavy atom. The summed E-state index contributed by atoms with van der Waals surface area (Å²) in [5, 5.41) is 0.450. The Labute approximate surface area is 92.3 Å². The van der Waals surface area contributed by atoms with Crippen molar-refractivity contribution in [3.63, 3.8) is 0 Å². The van der Waals surface area contributed by atoms with Crippen LogP contribution in [-0.2, 0) is 0 Å². The van der Waals surface area contributed by atoms with Crippen molar-refractivity contribution in [3.05, 3.63) is 28.6 Å². The fourth-order valence-corrected chi connectivity index (χ4v) is 1.35. The van der Waals surface area contributed by atoms with Gasteiger partial charge in [0.15, 0.2) is 0 Å². The van der Waals surface area contributed by atoms with E-state index in [9.17, 15) is 4.79 Å². The van der Waals surface area contributed by atoms with Gasteiger partial charge in [0.25, 0.3) is 5.56 Å². The van der Waals surface area contributed by atoms with Crippen LogP contribution < -0.4 is 15.2 Å². The topological polar surface area (TPSA) is 55.6 Å². The lowest BCUT2D eigenvalue weighted by Gasteiger charge is -2.09. The van der Waals surface area contributed by atoms with Crippen LogP contribution >= 0.6 is 0 Å². The van der Waals surface area contributed by atoms with Crippen LogP contribution in [0.4, 0.5) is 6.01 Å². The lowest BCUT2D eigenvalue weighted by atomic mass is 10.2. The molecule has 5 nitrogen and oxygen atoms in total. The fourth-order valence-electron chi connectivity index (χ4n) is 1.35. The smallest absolute Gasteiger partial charge is 0.300 e. The molecule has 0 aliphatic rings. The van der Waals surface area contributed by atoms with Crippen LogP contribution in [0.3, 0.4) is 0 Å². The van der Waals surface area contributed by atoms with E-state index in [0.29, 0.717) is 16.7 Å². The molecular formula is C11H12N2O3. The Morgan fingerprint density at radius 1 is 1.38 bits per heavy atom. The van der Waals surface area contributed by atoms with Gasteiger partial charge in [0, 0.05) is 20.2 Å². The van der Waals surface area contributed by atoms with Gasteiger partial charge in [-0.15, -0.1) is 0 Å². The highest BCUT2D eigenvalue weighted by Crippen LogP contribution is 2.20. The number of methoxy groups -OCH3 is 1. The second-order valence-electron chi connectivity index (χ2n) is 3.56. The number of benzene rings is 1. The maximum Gasteiger partial charge on any atom is 0.300 e. The monoisotopic (exact) mass is 220 g/mol. The summed E-state index contributed by atoms with van der Waals surface area (Å²) in [6, 6.07) is 5.31. The average Bonchev–Trinajstić information content (AvgIpc) is 2.28. The molecular weight excluding hydrogens is 208 g/mol. The number of fused-ring (bicyclic) bond motifs is 1. The molecule has 16 heavy (non-hydrogen) atoms. The lowest BCUT2D eigenvalue weighted by Crippen LogP contribution is -2.16. The Morgan fingerprint density at radius 3 is 2.75 bits per heavy atom. The number of aromatic nitrogens is 1. The van der Waals surface area contributed by atoms with Crippen molar-refractivity contribution in [1.82, 2.24) is 4.98 Å². The SMILES string of the molecule is COc1ccc2c(=O)nc(N(C)C)oc2c1. The Kier molecular flexibility index (Phi) is 2.52. The molecule has 0 saturated heterocycles. The van der Waals surface area contributed by atoms with E-state index in [-0.39, 0.29) is 11.6 Å². The van der Waals surface area contributed by atoms with E-state index in [4.69, 9.17) is 9.15 Å².